The van der Waals surface area contributed by atoms with Crippen LogP contribution < -0.4 is 11.1 Å². The lowest BCUT2D eigenvalue weighted by atomic mass is 9.73. The maximum atomic E-state index is 12.7. The molecule has 3 N–H and O–H groups in total. The van der Waals surface area contributed by atoms with Crippen LogP contribution in [0.25, 0.3) is 0 Å². The molecule has 0 unspecified atom stereocenters. The zero-order valence-electron chi connectivity index (χ0n) is 13.6. The first-order chi connectivity index (χ1) is 11.6. The lowest BCUT2D eigenvalue weighted by molar-refractivity contribution is -0.138. The van der Waals surface area contributed by atoms with Crippen molar-refractivity contribution < 1.29 is 14.3 Å². The molecule has 130 valence electrons. The molecule has 1 aromatic rings. The second-order valence-electron chi connectivity index (χ2n) is 6.93. The summed E-state index contributed by atoms with van der Waals surface area (Å²) in [6, 6.07) is 4.08. The van der Waals surface area contributed by atoms with Crippen LogP contribution in [0.3, 0.4) is 0 Å². The van der Waals surface area contributed by atoms with Crippen molar-refractivity contribution >= 4 is 23.2 Å². The fourth-order valence-electron chi connectivity index (χ4n) is 4.57. The highest BCUT2D eigenvalue weighted by atomic mass is 32.1. The largest absolute Gasteiger partial charge is 0.368 e. The Morgan fingerprint density at radius 1 is 1.54 bits per heavy atom. The Labute approximate surface area is 145 Å². The third-order valence-electron chi connectivity index (χ3n) is 5.55. The maximum absolute atomic E-state index is 12.7. The summed E-state index contributed by atoms with van der Waals surface area (Å²) < 4.78 is 6.15. The van der Waals surface area contributed by atoms with Crippen molar-refractivity contribution in [2.75, 3.05) is 26.2 Å². The number of nitrogens with one attached hydrogen (secondary N) is 1. The smallest absolute Gasteiger partial charge is 0.229 e. The minimum absolute atomic E-state index is 0.0360. The number of hydrogen-bond acceptors (Lipinski definition) is 5. The Bertz CT molecular complexity index is 635. The molecule has 24 heavy (non-hydrogen) atoms. The molecule has 0 saturated carbocycles. The lowest BCUT2D eigenvalue weighted by Gasteiger charge is -2.26. The number of likely N-dealkylation sites (tertiary alicyclic amines) is 1. The summed E-state index contributed by atoms with van der Waals surface area (Å²) in [4.78, 5) is 28.5. The molecule has 7 heteroatoms. The van der Waals surface area contributed by atoms with Crippen LogP contribution in [0.15, 0.2) is 17.5 Å². The van der Waals surface area contributed by atoms with Crippen molar-refractivity contribution in [3.63, 3.8) is 0 Å². The number of rotatable bonds is 6. The highest BCUT2D eigenvalue weighted by molar-refractivity contribution is 7.09. The van der Waals surface area contributed by atoms with Gasteiger partial charge in [0.15, 0.2) is 0 Å². The van der Waals surface area contributed by atoms with Gasteiger partial charge in [0.1, 0.15) is 0 Å². The van der Waals surface area contributed by atoms with Gasteiger partial charge in [0.05, 0.1) is 30.1 Å². The van der Waals surface area contributed by atoms with Crippen LogP contribution in [0, 0.1) is 11.8 Å². The average Bonchev–Trinajstić information content (AvgIpc) is 3.31. The van der Waals surface area contributed by atoms with Crippen molar-refractivity contribution in [1.29, 1.82) is 0 Å². The molecule has 2 amide bonds. The fourth-order valence-corrected chi connectivity index (χ4v) is 5.28. The van der Waals surface area contributed by atoms with E-state index in [1.165, 1.54) is 4.88 Å². The molecule has 2 bridgehead atoms. The molecular formula is C17H23N3O3S. The fraction of sp³-hybridized carbons (Fsp3) is 0.647. The molecular weight excluding hydrogens is 326 g/mol. The van der Waals surface area contributed by atoms with Crippen molar-refractivity contribution in [2.45, 2.75) is 31.0 Å². The Morgan fingerprint density at radius 3 is 3.17 bits per heavy atom. The van der Waals surface area contributed by atoms with E-state index in [0.717, 1.165) is 19.3 Å². The zero-order valence-corrected chi connectivity index (χ0v) is 14.4. The Balaban J connectivity index is 1.43. The van der Waals surface area contributed by atoms with Gasteiger partial charge in [-0.15, -0.1) is 11.3 Å². The first-order valence-electron chi connectivity index (χ1n) is 8.61. The van der Waals surface area contributed by atoms with E-state index < -0.39 is 5.60 Å². The molecule has 3 saturated heterocycles. The number of carbonyl (C=O) groups is 2. The van der Waals surface area contributed by atoms with E-state index in [-0.39, 0.29) is 29.8 Å². The summed E-state index contributed by atoms with van der Waals surface area (Å²) in [6.45, 7) is 2.17. The topological polar surface area (TPSA) is 84.7 Å². The number of thiophene rings is 1. The second-order valence-corrected chi connectivity index (χ2v) is 7.96. The third-order valence-corrected chi connectivity index (χ3v) is 6.49. The highest BCUT2D eigenvalue weighted by Crippen LogP contribution is 2.55. The van der Waals surface area contributed by atoms with Crippen molar-refractivity contribution in [3.05, 3.63) is 22.4 Å². The number of amides is 2. The van der Waals surface area contributed by atoms with E-state index in [4.69, 9.17) is 10.5 Å². The Kier molecular flexibility index (Phi) is 4.10. The van der Waals surface area contributed by atoms with Crippen LogP contribution in [-0.4, -0.2) is 54.6 Å². The summed E-state index contributed by atoms with van der Waals surface area (Å²) in [5.74, 6) is -0.672. The summed E-state index contributed by atoms with van der Waals surface area (Å²) in [6.07, 6.45) is 2.45. The number of ether oxygens (including phenoxy) is 1. The lowest BCUT2D eigenvalue weighted by Crippen LogP contribution is -2.46. The minimum atomic E-state index is -0.452. The van der Waals surface area contributed by atoms with Crippen LogP contribution in [0.1, 0.15) is 17.7 Å². The van der Waals surface area contributed by atoms with Gasteiger partial charge in [0.2, 0.25) is 11.8 Å². The number of fused-ring (bicyclic) bond motifs is 1. The molecule has 4 heterocycles. The monoisotopic (exact) mass is 349 g/mol. The molecule has 0 aliphatic carbocycles. The third kappa shape index (κ3) is 2.46. The number of nitrogens with zero attached hydrogens (tertiary/aromatic N) is 1. The SMILES string of the molecule is NCCN1C[C@@]23CC[C@@H](O2)[C@@H](C(=O)NCCc2cccs2)[C@H]3C1=O. The molecule has 3 fully saturated rings. The maximum Gasteiger partial charge on any atom is 0.229 e. The van der Waals surface area contributed by atoms with Gasteiger partial charge in [-0.05, 0) is 30.7 Å². The minimum Gasteiger partial charge on any atom is -0.368 e. The normalized spacial score (nSPS) is 34.0. The average molecular weight is 349 g/mol. The molecule has 3 aliphatic heterocycles. The summed E-state index contributed by atoms with van der Waals surface area (Å²) in [7, 11) is 0. The van der Waals surface area contributed by atoms with Crippen LogP contribution in [-0.2, 0) is 20.7 Å². The molecule has 0 aromatic carbocycles. The molecule has 4 atom stereocenters. The van der Waals surface area contributed by atoms with Crippen molar-refractivity contribution in [3.8, 4) is 0 Å². The van der Waals surface area contributed by atoms with Crippen LogP contribution >= 0.6 is 11.3 Å². The molecule has 0 radical (unpaired) electrons. The van der Waals surface area contributed by atoms with Crippen LogP contribution in [0.4, 0.5) is 0 Å². The van der Waals surface area contributed by atoms with Crippen molar-refractivity contribution in [2.24, 2.45) is 17.6 Å². The van der Waals surface area contributed by atoms with Gasteiger partial charge >= 0.3 is 0 Å². The van der Waals surface area contributed by atoms with Gasteiger partial charge in [-0.1, -0.05) is 6.07 Å². The second kappa shape index (κ2) is 6.13. The first-order valence-corrected chi connectivity index (χ1v) is 9.49. The zero-order chi connectivity index (χ0) is 16.7. The summed E-state index contributed by atoms with van der Waals surface area (Å²) in [5, 5.41) is 5.05. The molecule has 1 spiro atoms. The summed E-state index contributed by atoms with van der Waals surface area (Å²) in [5.41, 5.74) is 5.16. The van der Waals surface area contributed by atoms with Gasteiger partial charge in [-0.25, -0.2) is 0 Å². The van der Waals surface area contributed by atoms with E-state index in [1.54, 1.807) is 16.2 Å². The number of carbonyl (C=O) groups excluding carboxylic acids is 2. The van der Waals surface area contributed by atoms with E-state index in [0.29, 0.717) is 26.2 Å². The number of nitrogens with two attached hydrogens (primary N) is 1. The summed E-state index contributed by atoms with van der Waals surface area (Å²) >= 11 is 1.69. The first kappa shape index (κ1) is 16.1. The molecule has 6 nitrogen and oxygen atoms in total. The Hall–Kier alpha value is -1.44. The predicted molar refractivity (Wildman–Crippen MR) is 90.5 cm³/mol. The van der Waals surface area contributed by atoms with Crippen LogP contribution in [0.5, 0.6) is 0 Å². The van der Waals surface area contributed by atoms with Gasteiger partial charge in [0.25, 0.3) is 0 Å². The van der Waals surface area contributed by atoms with Gasteiger partial charge < -0.3 is 20.7 Å². The molecule has 3 aliphatic rings. The van der Waals surface area contributed by atoms with E-state index >= 15 is 0 Å². The highest BCUT2D eigenvalue weighted by Gasteiger charge is 2.68. The van der Waals surface area contributed by atoms with E-state index in [2.05, 4.69) is 11.4 Å². The van der Waals surface area contributed by atoms with E-state index in [1.807, 2.05) is 11.4 Å². The predicted octanol–water partition coefficient (Wildman–Crippen LogP) is 0.371. The van der Waals surface area contributed by atoms with Crippen LogP contribution in [0.2, 0.25) is 0 Å². The van der Waals surface area contributed by atoms with E-state index in [9.17, 15) is 9.59 Å². The number of hydrogen-bond donors (Lipinski definition) is 2. The quantitative estimate of drug-likeness (QED) is 0.777. The molecule has 4 rings (SSSR count). The Morgan fingerprint density at radius 2 is 2.42 bits per heavy atom. The van der Waals surface area contributed by atoms with Gasteiger partial charge in [0, 0.05) is 24.5 Å². The van der Waals surface area contributed by atoms with Gasteiger partial charge in [-0.3, -0.25) is 9.59 Å². The molecule has 1 aromatic heterocycles. The van der Waals surface area contributed by atoms with Crippen molar-refractivity contribution in [1.82, 2.24) is 10.2 Å². The standard InChI is InChI=1S/C17H23N3O3S/c18-6-8-20-10-17-5-3-12(23-17)13(14(17)16(20)22)15(21)19-7-4-11-2-1-9-24-11/h1-2,9,12-14H,3-8,10,18H2,(H,19,21)/t12-,13-,14+,17-/m1/s1. The van der Waals surface area contributed by atoms with Gasteiger partial charge in [-0.2, -0.15) is 0 Å².